The van der Waals surface area contributed by atoms with Gasteiger partial charge in [-0.2, -0.15) is 5.10 Å². The summed E-state index contributed by atoms with van der Waals surface area (Å²) in [6, 6.07) is 18.3. The van der Waals surface area contributed by atoms with Crippen molar-refractivity contribution in [3.8, 4) is 0 Å². The average molecular weight is 480 g/mol. The molecule has 1 aliphatic rings. The summed E-state index contributed by atoms with van der Waals surface area (Å²) >= 11 is 4.74. The number of aryl methyl sites for hydroxylation is 1. The normalized spacial score (nSPS) is 15.8. The van der Waals surface area contributed by atoms with Crippen molar-refractivity contribution in [3.05, 3.63) is 86.5 Å². The van der Waals surface area contributed by atoms with E-state index in [-0.39, 0.29) is 17.7 Å². The first-order valence-corrected chi connectivity index (χ1v) is 13.0. The van der Waals surface area contributed by atoms with Gasteiger partial charge in [0, 0.05) is 11.3 Å². The molecule has 3 aromatic heterocycles. The average Bonchev–Trinajstić information content (AvgIpc) is 3.60. The summed E-state index contributed by atoms with van der Waals surface area (Å²) < 4.78 is 2.05. The minimum absolute atomic E-state index is 0.0214. The number of carbonyl (C=O) groups excluding carboxylic acids is 1. The van der Waals surface area contributed by atoms with Crippen molar-refractivity contribution in [1.82, 2.24) is 19.8 Å². The van der Waals surface area contributed by atoms with E-state index in [9.17, 15) is 4.79 Å². The second kappa shape index (κ2) is 9.40. The Balaban J connectivity index is 1.33. The van der Waals surface area contributed by atoms with Gasteiger partial charge in [0.15, 0.2) is 5.16 Å². The lowest BCUT2D eigenvalue weighted by Gasteiger charge is -2.20. The molecule has 6 nitrogen and oxygen atoms in total. The van der Waals surface area contributed by atoms with Crippen LogP contribution in [0.2, 0.25) is 0 Å². The van der Waals surface area contributed by atoms with E-state index >= 15 is 0 Å². The molecule has 162 valence electrons. The van der Waals surface area contributed by atoms with Crippen LogP contribution in [0, 0.1) is 6.92 Å². The van der Waals surface area contributed by atoms with Gasteiger partial charge in [0.05, 0.1) is 28.9 Å². The van der Waals surface area contributed by atoms with E-state index in [2.05, 4.69) is 34.5 Å². The molecule has 1 atom stereocenters. The lowest BCUT2D eigenvalue weighted by Crippen LogP contribution is -2.28. The van der Waals surface area contributed by atoms with E-state index in [0.29, 0.717) is 6.54 Å². The molecule has 1 aromatic carbocycles. The second-order valence-electron chi connectivity index (χ2n) is 7.39. The second-order valence-corrected chi connectivity index (χ2v) is 10.3. The molecule has 1 unspecified atom stereocenters. The van der Waals surface area contributed by atoms with Crippen LogP contribution in [0.25, 0.3) is 0 Å². The molecular weight excluding hydrogens is 458 g/mol. The van der Waals surface area contributed by atoms with Crippen LogP contribution in [0.1, 0.15) is 33.6 Å². The number of aromatic nitrogens is 3. The molecule has 1 aliphatic heterocycles. The zero-order valence-electron chi connectivity index (χ0n) is 17.4. The Kier molecular flexibility index (Phi) is 6.20. The van der Waals surface area contributed by atoms with Crippen molar-refractivity contribution in [2.75, 3.05) is 5.75 Å². The Labute approximate surface area is 198 Å². The number of nitrogens with zero attached hydrogens (tertiary/aromatic N) is 5. The Morgan fingerprint density at radius 1 is 1.06 bits per heavy atom. The molecule has 1 amide bonds. The minimum Gasteiger partial charge on any atom is -0.302 e. The molecule has 0 fully saturated rings. The van der Waals surface area contributed by atoms with Crippen LogP contribution in [-0.2, 0) is 11.3 Å². The maximum absolute atomic E-state index is 13.3. The first-order valence-electron chi connectivity index (χ1n) is 10.2. The first-order chi connectivity index (χ1) is 15.7. The van der Waals surface area contributed by atoms with E-state index in [1.165, 1.54) is 17.3 Å². The zero-order chi connectivity index (χ0) is 21.9. The topological polar surface area (TPSA) is 63.4 Å². The van der Waals surface area contributed by atoms with E-state index < -0.39 is 0 Å². The third-order valence-corrected chi connectivity index (χ3v) is 8.10. The largest absolute Gasteiger partial charge is 0.302 e. The third kappa shape index (κ3) is 4.41. The molecule has 4 heterocycles. The predicted molar refractivity (Wildman–Crippen MR) is 130 cm³/mol. The van der Waals surface area contributed by atoms with Gasteiger partial charge in [-0.1, -0.05) is 54.2 Å². The van der Waals surface area contributed by atoms with Crippen LogP contribution in [0.3, 0.4) is 0 Å². The minimum atomic E-state index is -0.0517. The summed E-state index contributed by atoms with van der Waals surface area (Å²) in [4.78, 5) is 15.5. The lowest BCUT2D eigenvalue weighted by molar-refractivity contribution is -0.130. The van der Waals surface area contributed by atoms with Crippen molar-refractivity contribution in [3.63, 3.8) is 0 Å². The number of thioether (sulfide) groups is 1. The van der Waals surface area contributed by atoms with Crippen molar-refractivity contribution in [2.24, 2.45) is 5.10 Å². The van der Waals surface area contributed by atoms with E-state index in [4.69, 9.17) is 5.10 Å². The number of hydrogen-bond donors (Lipinski definition) is 0. The smallest absolute Gasteiger partial charge is 0.253 e. The number of rotatable bonds is 7. The van der Waals surface area contributed by atoms with Crippen LogP contribution in [0.5, 0.6) is 0 Å². The van der Waals surface area contributed by atoms with Gasteiger partial charge in [-0.25, -0.2) is 5.01 Å². The fourth-order valence-electron chi connectivity index (χ4n) is 3.64. The molecule has 0 aliphatic carbocycles. The quantitative estimate of drug-likeness (QED) is 0.341. The summed E-state index contributed by atoms with van der Waals surface area (Å²) in [5.41, 5.74) is 2.14. The van der Waals surface area contributed by atoms with Crippen molar-refractivity contribution >= 4 is 46.1 Å². The number of thiophene rings is 2. The van der Waals surface area contributed by atoms with Crippen molar-refractivity contribution in [2.45, 2.75) is 31.1 Å². The molecule has 9 heteroatoms. The number of hydrazone groups is 1. The fraction of sp³-hybridized carbons (Fsp3) is 0.217. The van der Waals surface area contributed by atoms with Gasteiger partial charge in [-0.05, 0) is 35.4 Å². The van der Waals surface area contributed by atoms with Gasteiger partial charge >= 0.3 is 0 Å². The monoisotopic (exact) mass is 479 g/mol. The number of amides is 1. The molecule has 0 spiro atoms. The highest BCUT2D eigenvalue weighted by Gasteiger charge is 2.34. The van der Waals surface area contributed by atoms with Crippen LogP contribution in [0.15, 0.2) is 75.6 Å². The zero-order valence-corrected chi connectivity index (χ0v) is 19.9. The summed E-state index contributed by atoms with van der Waals surface area (Å²) in [7, 11) is 0. The van der Waals surface area contributed by atoms with Gasteiger partial charge in [0.25, 0.3) is 5.91 Å². The van der Waals surface area contributed by atoms with Crippen LogP contribution < -0.4 is 0 Å². The van der Waals surface area contributed by atoms with Crippen LogP contribution in [0.4, 0.5) is 0 Å². The number of carbonyl (C=O) groups is 1. The molecule has 0 N–H and O–H groups in total. The molecule has 4 aromatic rings. The molecule has 5 rings (SSSR count). The summed E-state index contributed by atoms with van der Waals surface area (Å²) in [6.45, 7) is 2.62. The van der Waals surface area contributed by atoms with Gasteiger partial charge in [0.1, 0.15) is 5.82 Å². The SMILES string of the molecule is Cc1nnc(SCC(=O)N2N=C(c3cccs3)CC2c2cccs2)n1Cc1ccccc1. The fourth-order valence-corrected chi connectivity index (χ4v) is 6.01. The molecule has 0 saturated heterocycles. The highest BCUT2D eigenvalue weighted by molar-refractivity contribution is 7.99. The Bertz CT molecular complexity index is 1220. The molecule has 32 heavy (non-hydrogen) atoms. The molecule has 0 radical (unpaired) electrons. The standard InChI is InChI=1S/C23H21N5OS3/c1-16-24-25-23(27(16)14-17-7-3-2-4-8-17)32-15-22(29)28-19(21-10-6-12-31-21)13-18(26-28)20-9-5-11-30-20/h2-12,19H,13-15H2,1H3. The summed E-state index contributed by atoms with van der Waals surface area (Å²) in [6.07, 6.45) is 0.737. The molecule has 0 saturated carbocycles. The van der Waals surface area contributed by atoms with E-state index in [1.54, 1.807) is 27.7 Å². The van der Waals surface area contributed by atoms with E-state index in [0.717, 1.165) is 32.9 Å². The van der Waals surface area contributed by atoms with Gasteiger partial charge in [0.2, 0.25) is 0 Å². The third-order valence-electron chi connectivity index (χ3n) is 5.25. The number of hydrogen-bond acceptors (Lipinski definition) is 7. The van der Waals surface area contributed by atoms with Gasteiger partial charge < -0.3 is 4.57 Å². The summed E-state index contributed by atoms with van der Waals surface area (Å²) in [5, 5.41) is 19.8. The van der Waals surface area contributed by atoms with Crippen LogP contribution in [-0.4, -0.2) is 37.1 Å². The predicted octanol–water partition coefficient (Wildman–Crippen LogP) is 5.23. The maximum atomic E-state index is 13.3. The van der Waals surface area contributed by atoms with E-state index in [1.807, 2.05) is 52.6 Å². The van der Waals surface area contributed by atoms with Crippen LogP contribution >= 0.6 is 34.4 Å². The molecular formula is C23H21N5OS3. The van der Waals surface area contributed by atoms with Gasteiger partial charge in [-0.15, -0.1) is 32.9 Å². The Hall–Kier alpha value is -2.75. The highest BCUT2D eigenvalue weighted by Crippen LogP contribution is 2.36. The molecule has 0 bridgehead atoms. The lowest BCUT2D eigenvalue weighted by atomic mass is 10.1. The number of benzene rings is 1. The van der Waals surface area contributed by atoms with Gasteiger partial charge in [-0.3, -0.25) is 4.79 Å². The Morgan fingerprint density at radius 2 is 1.88 bits per heavy atom. The Morgan fingerprint density at radius 3 is 2.62 bits per heavy atom. The first kappa shape index (κ1) is 21.1. The van der Waals surface area contributed by atoms with Crippen molar-refractivity contribution < 1.29 is 4.79 Å². The maximum Gasteiger partial charge on any atom is 0.253 e. The highest BCUT2D eigenvalue weighted by atomic mass is 32.2. The van der Waals surface area contributed by atoms with Crippen molar-refractivity contribution in [1.29, 1.82) is 0 Å². The summed E-state index contributed by atoms with van der Waals surface area (Å²) in [5.74, 6) is 1.07.